The van der Waals surface area contributed by atoms with Crippen LogP contribution in [0.5, 0.6) is 0 Å². The molecule has 0 saturated carbocycles. The maximum Gasteiger partial charge on any atom is 0.322 e. The smallest absolute Gasteiger partial charge is 0.322 e. The van der Waals surface area contributed by atoms with Crippen LogP contribution in [0.3, 0.4) is 0 Å². The molecule has 2 atom stereocenters. The summed E-state index contributed by atoms with van der Waals surface area (Å²) in [6.45, 7) is 1.19. The Morgan fingerprint density at radius 1 is 1.60 bits per heavy atom. The van der Waals surface area contributed by atoms with Crippen molar-refractivity contribution in [1.82, 2.24) is 0 Å². The molecule has 0 aliphatic carbocycles. The second-order valence-corrected chi connectivity index (χ2v) is 3.83. The van der Waals surface area contributed by atoms with Gasteiger partial charge in [-0.3, -0.25) is 4.79 Å². The lowest BCUT2D eigenvalue weighted by molar-refractivity contribution is -0.142. The van der Waals surface area contributed by atoms with E-state index in [0.717, 1.165) is 0 Å². The average molecular weight is 219 g/mol. The quantitative estimate of drug-likeness (QED) is 0.705. The second kappa shape index (κ2) is 6.02. The molecule has 1 saturated heterocycles. The van der Waals surface area contributed by atoms with Crippen molar-refractivity contribution < 1.29 is 18.7 Å². The largest absolute Gasteiger partial charge is 0.468 e. The molecule has 0 radical (unpaired) electrons. The van der Waals surface area contributed by atoms with Gasteiger partial charge in [0, 0.05) is 19.6 Å². The first kappa shape index (κ1) is 12.4. The number of rotatable bonds is 4. The van der Waals surface area contributed by atoms with E-state index in [1.165, 1.54) is 7.11 Å². The van der Waals surface area contributed by atoms with Gasteiger partial charge < -0.3 is 15.2 Å². The maximum atomic E-state index is 13.7. The van der Waals surface area contributed by atoms with Gasteiger partial charge in [0.15, 0.2) is 0 Å². The molecule has 1 aliphatic rings. The van der Waals surface area contributed by atoms with E-state index in [9.17, 15) is 9.18 Å². The van der Waals surface area contributed by atoms with Crippen LogP contribution < -0.4 is 5.73 Å². The lowest BCUT2D eigenvalue weighted by atomic mass is 9.91. The van der Waals surface area contributed by atoms with Crippen molar-refractivity contribution in [1.29, 1.82) is 0 Å². The van der Waals surface area contributed by atoms with E-state index < -0.39 is 18.2 Å². The van der Waals surface area contributed by atoms with Gasteiger partial charge in [-0.15, -0.1) is 0 Å². The van der Waals surface area contributed by atoms with Gasteiger partial charge in [-0.05, 0) is 18.8 Å². The van der Waals surface area contributed by atoms with Crippen LogP contribution in [-0.2, 0) is 14.3 Å². The van der Waals surface area contributed by atoms with Crippen molar-refractivity contribution in [3.05, 3.63) is 0 Å². The summed E-state index contributed by atoms with van der Waals surface area (Å²) in [4.78, 5) is 11.0. The summed E-state index contributed by atoms with van der Waals surface area (Å²) in [6, 6.07) is -0.854. The zero-order valence-electron chi connectivity index (χ0n) is 8.95. The van der Waals surface area contributed by atoms with E-state index in [-0.39, 0.29) is 12.3 Å². The predicted molar refractivity (Wildman–Crippen MR) is 53.0 cm³/mol. The third-order valence-corrected chi connectivity index (χ3v) is 2.76. The van der Waals surface area contributed by atoms with Crippen LogP contribution in [-0.4, -0.2) is 38.5 Å². The number of hydrogen-bond acceptors (Lipinski definition) is 4. The van der Waals surface area contributed by atoms with Crippen molar-refractivity contribution in [2.75, 3.05) is 20.3 Å². The average Bonchev–Trinajstić information content (AvgIpc) is 2.29. The number of carbonyl (C=O) groups excluding carboxylic acids is 1. The highest BCUT2D eigenvalue weighted by Gasteiger charge is 2.27. The summed E-state index contributed by atoms with van der Waals surface area (Å²) in [5, 5.41) is 0. The first-order valence-corrected chi connectivity index (χ1v) is 5.20. The molecule has 4 nitrogen and oxygen atoms in total. The number of hydrogen-bond donors (Lipinski definition) is 1. The number of nitrogens with two attached hydrogens (primary N) is 1. The Kier molecular flexibility index (Phi) is 4.98. The molecule has 1 fully saturated rings. The van der Waals surface area contributed by atoms with Gasteiger partial charge in [0.2, 0.25) is 0 Å². The Labute approximate surface area is 88.9 Å². The van der Waals surface area contributed by atoms with Crippen molar-refractivity contribution in [3.63, 3.8) is 0 Å². The lowest BCUT2D eigenvalue weighted by Gasteiger charge is -2.26. The summed E-state index contributed by atoms with van der Waals surface area (Å²) in [5.74, 6) is -0.584. The van der Waals surface area contributed by atoms with E-state index in [2.05, 4.69) is 4.74 Å². The Bertz CT molecular complexity index is 207. The van der Waals surface area contributed by atoms with E-state index in [4.69, 9.17) is 10.5 Å². The molecule has 88 valence electrons. The molecule has 0 aromatic rings. The van der Waals surface area contributed by atoms with Crippen LogP contribution in [0.2, 0.25) is 0 Å². The first-order valence-electron chi connectivity index (χ1n) is 5.20. The minimum atomic E-state index is -1.04. The number of esters is 1. The summed E-state index contributed by atoms with van der Waals surface area (Å²) in [7, 11) is 1.25. The molecule has 1 rings (SSSR count). The highest BCUT2D eigenvalue weighted by molar-refractivity contribution is 5.75. The van der Waals surface area contributed by atoms with Crippen molar-refractivity contribution in [2.24, 2.45) is 11.7 Å². The zero-order valence-corrected chi connectivity index (χ0v) is 8.95. The minimum absolute atomic E-state index is 0.0329. The van der Waals surface area contributed by atoms with Crippen molar-refractivity contribution in [3.8, 4) is 0 Å². The van der Waals surface area contributed by atoms with Gasteiger partial charge in [0.05, 0.1) is 7.11 Å². The molecule has 5 heteroatoms. The number of ether oxygens (including phenoxy) is 2. The molecular formula is C10H18FNO3. The molecule has 0 spiro atoms. The number of alkyl halides is 1. The molecular weight excluding hydrogens is 201 g/mol. The zero-order chi connectivity index (χ0) is 11.3. The Balaban J connectivity index is 2.33. The van der Waals surface area contributed by atoms with Crippen LogP contribution in [0.4, 0.5) is 4.39 Å². The summed E-state index contributed by atoms with van der Waals surface area (Å²) >= 11 is 0. The van der Waals surface area contributed by atoms with Gasteiger partial charge in [-0.25, -0.2) is 4.39 Å². The van der Waals surface area contributed by atoms with E-state index in [0.29, 0.717) is 26.1 Å². The number of methoxy groups -OCH3 is 1. The van der Waals surface area contributed by atoms with Crippen molar-refractivity contribution in [2.45, 2.75) is 31.5 Å². The van der Waals surface area contributed by atoms with Crippen LogP contribution in [0.1, 0.15) is 19.3 Å². The predicted octanol–water partition coefficient (Wildman–Crippen LogP) is 0.641. The molecule has 0 aromatic heterocycles. The summed E-state index contributed by atoms with van der Waals surface area (Å²) < 4.78 is 23.3. The topological polar surface area (TPSA) is 61.5 Å². The van der Waals surface area contributed by atoms with Gasteiger partial charge in [0.1, 0.15) is 12.2 Å². The number of carbonyl (C=O) groups is 1. The third-order valence-electron chi connectivity index (χ3n) is 2.76. The van der Waals surface area contributed by atoms with Gasteiger partial charge in [0.25, 0.3) is 0 Å². The molecule has 2 N–H and O–H groups in total. The molecule has 0 aromatic carbocycles. The van der Waals surface area contributed by atoms with Crippen LogP contribution in [0.25, 0.3) is 0 Å². The molecule has 15 heavy (non-hydrogen) atoms. The summed E-state index contributed by atoms with van der Waals surface area (Å²) in [5.41, 5.74) is 5.49. The Hall–Kier alpha value is -0.680. The fourth-order valence-corrected chi connectivity index (χ4v) is 1.76. The monoisotopic (exact) mass is 219 g/mol. The Morgan fingerprint density at radius 3 is 2.73 bits per heavy atom. The third kappa shape index (κ3) is 3.76. The van der Waals surface area contributed by atoms with Crippen LogP contribution in [0, 0.1) is 5.92 Å². The van der Waals surface area contributed by atoms with Gasteiger partial charge in [-0.2, -0.15) is 0 Å². The fourth-order valence-electron chi connectivity index (χ4n) is 1.76. The first-order chi connectivity index (χ1) is 7.15. The van der Waals surface area contributed by atoms with E-state index in [1.807, 2.05) is 0 Å². The normalized spacial score (nSPS) is 22.1. The highest BCUT2D eigenvalue weighted by Crippen LogP contribution is 2.24. The Morgan fingerprint density at radius 2 is 2.20 bits per heavy atom. The lowest BCUT2D eigenvalue weighted by Crippen LogP contribution is -2.37. The van der Waals surface area contributed by atoms with Crippen molar-refractivity contribution >= 4 is 5.97 Å². The van der Waals surface area contributed by atoms with E-state index >= 15 is 0 Å². The molecule has 1 heterocycles. The number of halogens is 1. The summed E-state index contributed by atoms with van der Waals surface area (Å²) in [6.07, 6.45) is 0.407. The molecule has 0 amide bonds. The highest BCUT2D eigenvalue weighted by atomic mass is 19.1. The molecule has 0 bridgehead atoms. The minimum Gasteiger partial charge on any atom is -0.468 e. The second-order valence-electron chi connectivity index (χ2n) is 3.83. The van der Waals surface area contributed by atoms with Crippen LogP contribution in [0.15, 0.2) is 0 Å². The fraction of sp³-hybridized carbons (Fsp3) is 0.900. The molecule has 1 aliphatic heterocycles. The SMILES string of the molecule is COC(=O)C(N)CC(F)C1CCOCC1. The standard InChI is InChI=1S/C10H18FNO3/c1-14-10(13)9(12)6-8(11)7-2-4-15-5-3-7/h7-9H,2-6,12H2,1H3. The molecule has 2 unspecified atom stereocenters. The van der Waals surface area contributed by atoms with Crippen LogP contribution >= 0.6 is 0 Å². The van der Waals surface area contributed by atoms with Gasteiger partial charge >= 0.3 is 5.97 Å². The maximum absolute atomic E-state index is 13.7. The van der Waals surface area contributed by atoms with E-state index in [1.54, 1.807) is 0 Å². The van der Waals surface area contributed by atoms with Gasteiger partial charge in [-0.1, -0.05) is 0 Å².